The number of amides is 1. The van der Waals surface area contributed by atoms with Gasteiger partial charge in [0, 0.05) is 18.0 Å². The van der Waals surface area contributed by atoms with Crippen LogP contribution in [0.25, 0.3) is 0 Å². The maximum Gasteiger partial charge on any atom is 0.305 e. The van der Waals surface area contributed by atoms with Crippen LogP contribution in [0.2, 0.25) is 0 Å². The van der Waals surface area contributed by atoms with E-state index in [9.17, 15) is 9.59 Å². The minimum absolute atomic E-state index is 0.171. The lowest BCUT2D eigenvalue weighted by Gasteiger charge is -2.33. The van der Waals surface area contributed by atoms with Gasteiger partial charge in [0.2, 0.25) is 5.91 Å². The highest BCUT2D eigenvalue weighted by atomic mass is 32.1. The van der Waals surface area contributed by atoms with E-state index in [2.05, 4.69) is 10.3 Å². The molecule has 1 saturated heterocycles. The number of hydrogen-bond acceptors (Lipinski definition) is 5. The summed E-state index contributed by atoms with van der Waals surface area (Å²) in [6, 6.07) is -0.601. The summed E-state index contributed by atoms with van der Waals surface area (Å²) in [4.78, 5) is 30.1. The van der Waals surface area contributed by atoms with E-state index in [-0.39, 0.29) is 12.3 Å². The summed E-state index contributed by atoms with van der Waals surface area (Å²) in [6.07, 6.45) is -0.171. The van der Waals surface area contributed by atoms with E-state index in [0.717, 1.165) is 15.6 Å². The smallest absolute Gasteiger partial charge is 0.305 e. The lowest BCUT2D eigenvalue weighted by Crippen LogP contribution is -2.55. The van der Waals surface area contributed by atoms with Crippen molar-refractivity contribution in [2.75, 3.05) is 13.1 Å². The third-order valence-corrected chi connectivity index (χ3v) is 4.28. The Morgan fingerprint density at radius 3 is 2.89 bits per heavy atom. The molecule has 0 aliphatic carbocycles. The molecule has 2 heterocycles. The molecule has 1 aliphatic rings. The molecule has 1 amide bonds. The molecule has 0 bridgehead atoms. The highest BCUT2D eigenvalue weighted by Crippen LogP contribution is 2.20. The lowest BCUT2D eigenvalue weighted by atomic mass is 10.1. The number of carboxylic acids is 1. The van der Waals surface area contributed by atoms with Crippen LogP contribution in [0, 0.1) is 13.8 Å². The van der Waals surface area contributed by atoms with Crippen LogP contribution in [-0.2, 0) is 16.1 Å². The SMILES string of the molecule is Cc1nc(CN2CCNC(=O)C2CC(=O)O)sc1C. The summed E-state index contributed by atoms with van der Waals surface area (Å²) in [7, 11) is 0. The van der Waals surface area contributed by atoms with Gasteiger partial charge < -0.3 is 10.4 Å². The molecule has 7 heteroatoms. The van der Waals surface area contributed by atoms with Crippen LogP contribution in [0.1, 0.15) is 22.0 Å². The summed E-state index contributed by atoms with van der Waals surface area (Å²) < 4.78 is 0. The molecular formula is C12H17N3O3S. The molecule has 2 N–H and O–H groups in total. The molecule has 1 unspecified atom stereocenters. The zero-order chi connectivity index (χ0) is 14.0. The Morgan fingerprint density at radius 1 is 1.58 bits per heavy atom. The summed E-state index contributed by atoms with van der Waals surface area (Å²) in [5.41, 5.74) is 0.997. The first kappa shape index (κ1) is 14.0. The molecule has 1 aromatic heterocycles. The van der Waals surface area contributed by atoms with Crippen molar-refractivity contribution in [3.63, 3.8) is 0 Å². The summed E-state index contributed by atoms with van der Waals surface area (Å²) in [5, 5.41) is 12.5. The average molecular weight is 283 g/mol. The molecule has 1 fully saturated rings. The van der Waals surface area contributed by atoms with Crippen LogP contribution in [-0.4, -0.2) is 46.0 Å². The van der Waals surface area contributed by atoms with Crippen molar-refractivity contribution in [2.45, 2.75) is 32.9 Å². The number of carboxylic acid groups (broad SMARTS) is 1. The van der Waals surface area contributed by atoms with E-state index in [1.807, 2.05) is 18.7 Å². The van der Waals surface area contributed by atoms with Crippen LogP contribution < -0.4 is 5.32 Å². The number of carbonyl (C=O) groups is 2. The Labute approximate surface area is 115 Å². The van der Waals surface area contributed by atoms with Gasteiger partial charge in [0.1, 0.15) is 11.0 Å². The van der Waals surface area contributed by atoms with Gasteiger partial charge >= 0.3 is 5.97 Å². The van der Waals surface area contributed by atoms with Crippen molar-refractivity contribution in [2.24, 2.45) is 0 Å². The molecule has 19 heavy (non-hydrogen) atoms. The number of carbonyl (C=O) groups excluding carboxylic acids is 1. The molecule has 1 aliphatic heterocycles. The maximum atomic E-state index is 11.8. The van der Waals surface area contributed by atoms with Crippen molar-refractivity contribution in [3.8, 4) is 0 Å². The fourth-order valence-corrected chi connectivity index (χ4v) is 3.08. The molecule has 0 spiro atoms. The quantitative estimate of drug-likeness (QED) is 0.842. The predicted octanol–water partition coefficient (Wildman–Crippen LogP) is 0.535. The Hall–Kier alpha value is -1.47. The van der Waals surface area contributed by atoms with Crippen LogP contribution in [0.4, 0.5) is 0 Å². The second-order valence-corrected chi connectivity index (χ2v) is 5.91. The largest absolute Gasteiger partial charge is 0.481 e. The highest BCUT2D eigenvalue weighted by molar-refractivity contribution is 7.11. The highest BCUT2D eigenvalue weighted by Gasteiger charge is 2.32. The van der Waals surface area contributed by atoms with Crippen molar-refractivity contribution in [3.05, 3.63) is 15.6 Å². The molecule has 6 nitrogen and oxygen atoms in total. The zero-order valence-electron chi connectivity index (χ0n) is 11.0. The minimum atomic E-state index is -0.960. The van der Waals surface area contributed by atoms with Crippen LogP contribution in [0.15, 0.2) is 0 Å². The Balaban J connectivity index is 2.11. The second-order valence-electron chi connectivity index (χ2n) is 4.62. The van der Waals surface area contributed by atoms with E-state index < -0.39 is 12.0 Å². The van der Waals surface area contributed by atoms with E-state index in [4.69, 9.17) is 5.11 Å². The van der Waals surface area contributed by atoms with Crippen molar-refractivity contribution in [1.82, 2.24) is 15.2 Å². The van der Waals surface area contributed by atoms with E-state index in [1.54, 1.807) is 11.3 Å². The number of thiazole rings is 1. The van der Waals surface area contributed by atoms with Crippen molar-refractivity contribution < 1.29 is 14.7 Å². The normalized spacial score (nSPS) is 20.3. The monoisotopic (exact) mass is 283 g/mol. The van der Waals surface area contributed by atoms with Gasteiger partial charge in [-0.1, -0.05) is 0 Å². The van der Waals surface area contributed by atoms with Crippen molar-refractivity contribution >= 4 is 23.2 Å². The van der Waals surface area contributed by atoms with Gasteiger partial charge in [0.05, 0.1) is 18.7 Å². The van der Waals surface area contributed by atoms with Gasteiger partial charge in [-0.25, -0.2) is 4.98 Å². The van der Waals surface area contributed by atoms with E-state index in [1.165, 1.54) is 0 Å². The van der Waals surface area contributed by atoms with Crippen LogP contribution in [0.5, 0.6) is 0 Å². The van der Waals surface area contributed by atoms with Crippen LogP contribution >= 0.6 is 11.3 Å². The Bertz CT molecular complexity index is 481. The summed E-state index contributed by atoms with van der Waals surface area (Å²) >= 11 is 1.60. The number of aliphatic carboxylic acids is 1. The number of nitrogens with one attached hydrogen (secondary N) is 1. The number of nitrogens with zero attached hydrogens (tertiary/aromatic N) is 2. The van der Waals surface area contributed by atoms with Gasteiger partial charge in [-0.2, -0.15) is 0 Å². The first-order valence-corrected chi connectivity index (χ1v) is 6.95. The first-order valence-electron chi connectivity index (χ1n) is 6.14. The molecule has 0 aromatic carbocycles. The van der Waals surface area contributed by atoms with E-state index in [0.29, 0.717) is 19.6 Å². The molecular weight excluding hydrogens is 266 g/mol. The minimum Gasteiger partial charge on any atom is -0.481 e. The van der Waals surface area contributed by atoms with Gasteiger partial charge in [-0.15, -0.1) is 11.3 Å². The number of aromatic nitrogens is 1. The number of rotatable bonds is 4. The third-order valence-electron chi connectivity index (χ3n) is 3.22. The lowest BCUT2D eigenvalue weighted by molar-refractivity contribution is -0.143. The first-order chi connectivity index (χ1) is 8.97. The molecule has 2 rings (SSSR count). The average Bonchev–Trinajstić information content (AvgIpc) is 2.62. The fourth-order valence-electron chi connectivity index (χ4n) is 2.12. The summed E-state index contributed by atoms with van der Waals surface area (Å²) in [6.45, 7) is 5.70. The predicted molar refractivity (Wildman–Crippen MR) is 71.0 cm³/mol. The number of piperazine rings is 1. The van der Waals surface area contributed by atoms with Crippen molar-refractivity contribution in [1.29, 1.82) is 0 Å². The topological polar surface area (TPSA) is 82.5 Å². The Morgan fingerprint density at radius 2 is 2.32 bits per heavy atom. The summed E-state index contributed by atoms with van der Waals surface area (Å²) in [5.74, 6) is -1.17. The second kappa shape index (κ2) is 5.66. The molecule has 0 radical (unpaired) electrons. The van der Waals surface area contributed by atoms with Gasteiger partial charge in [-0.05, 0) is 13.8 Å². The zero-order valence-corrected chi connectivity index (χ0v) is 11.8. The van der Waals surface area contributed by atoms with Gasteiger partial charge in [-0.3, -0.25) is 14.5 Å². The van der Waals surface area contributed by atoms with Gasteiger partial charge in [0.15, 0.2) is 0 Å². The van der Waals surface area contributed by atoms with E-state index >= 15 is 0 Å². The molecule has 104 valence electrons. The third kappa shape index (κ3) is 3.30. The van der Waals surface area contributed by atoms with Gasteiger partial charge in [0.25, 0.3) is 0 Å². The molecule has 0 saturated carbocycles. The van der Waals surface area contributed by atoms with Crippen LogP contribution in [0.3, 0.4) is 0 Å². The Kier molecular flexibility index (Phi) is 4.16. The molecule has 1 atom stereocenters. The molecule has 1 aromatic rings. The standard InChI is InChI=1S/C12H17N3O3S/c1-7-8(2)19-10(14-7)6-15-4-3-13-12(18)9(15)5-11(16)17/h9H,3-6H2,1-2H3,(H,13,18)(H,16,17). The fraction of sp³-hybridized carbons (Fsp3) is 0.583. The number of aryl methyl sites for hydroxylation is 2. The maximum absolute atomic E-state index is 11.8. The number of hydrogen-bond donors (Lipinski definition) is 2.